The standard InChI is InChI=1S/C24H23FN4O/c1-16-11-17(2)22-21(12-16)23(19(14-26)15-27-22)28-7-4-8-29(10-9-28)24(30)18-5-3-6-20(25)13-18/h3,5-6,11-13,15H,4,7-10H2,1-2H3. The van der Waals surface area contributed by atoms with Crippen molar-refractivity contribution >= 4 is 22.5 Å². The molecule has 0 bridgehead atoms. The first-order chi connectivity index (χ1) is 14.5. The number of benzene rings is 2. The van der Waals surface area contributed by atoms with Crippen LogP contribution in [-0.2, 0) is 0 Å². The molecule has 0 saturated carbocycles. The Balaban J connectivity index is 1.66. The number of anilines is 1. The summed E-state index contributed by atoms with van der Waals surface area (Å²) in [6, 6.07) is 12.3. The van der Waals surface area contributed by atoms with Crippen LogP contribution in [0.4, 0.5) is 10.1 Å². The quantitative estimate of drug-likeness (QED) is 0.644. The molecule has 1 saturated heterocycles. The van der Waals surface area contributed by atoms with Gasteiger partial charge in [-0.15, -0.1) is 0 Å². The van der Waals surface area contributed by atoms with E-state index < -0.39 is 5.82 Å². The molecule has 0 atom stereocenters. The summed E-state index contributed by atoms with van der Waals surface area (Å²) in [5.74, 6) is -0.576. The van der Waals surface area contributed by atoms with Gasteiger partial charge in [0.2, 0.25) is 0 Å². The Kier molecular flexibility index (Phi) is 5.37. The summed E-state index contributed by atoms with van der Waals surface area (Å²) in [5, 5.41) is 10.7. The van der Waals surface area contributed by atoms with E-state index in [1.165, 1.54) is 12.1 Å². The number of aromatic nitrogens is 1. The molecule has 2 aromatic carbocycles. The Bertz CT molecular complexity index is 1170. The van der Waals surface area contributed by atoms with Crippen LogP contribution in [0, 0.1) is 31.0 Å². The lowest BCUT2D eigenvalue weighted by atomic mass is 10.0. The van der Waals surface area contributed by atoms with E-state index in [4.69, 9.17) is 0 Å². The van der Waals surface area contributed by atoms with Crippen LogP contribution in [0.15, 0.2) is 42.6 Å². The molecule has 0 aliphatic carbocycles. The van der Waals surface area contributed by atoms with Gasteiger partial charge >= 0.3 is 0 Å². The van der Waals surface area contributed by atoms with Crippen molar-refractivity contribution in [2.24, 2.45) is 0 Å². The molecule has 2 heterocycles. The third kappa shape index (κ3) is 3.71. The molecule has 3 aromatic rings. The molecule has 0 radical (unpaired) electrons. The van der Waals surface area contributed by atoms with Crippen molar-refractivity contribution in [3.8, 4) is 6.07 Å². The first-order valence-corrected chi connectivity index (χ1v) is 10.1. The molecule has 0 spiro atoms. The molecule has 4 rings (SSSR count). The number of nitrogens with zero attached hydrogens (tertiary/aromatic N) is 4. The zero-order valence-electron chi connectivity index (χ0n) is 17.2. The van der Waals surface area contributed by atoms with E-state index in [2.05, 4.69) is 28.1 Å². The van der Waals surface area contributed by atoms with Gasteiger partial charge in [0.1, 0.15) is 11.9 Å². The first kappa shape index (κ1) is 19.8. The van der Waals surface area contributed by atoms with Gasteiger partial charge in [0, 0.05) is 43.3 Å². The van der Waals surface area contributed by atoms with E-state index in [-0.39, 0.29) is 5.91 Å². The number of amides is 1. The molecular formula is C24H23FN4O. The molecule has 6 heteroatoms. The average molecular weight is 402 g/mol. The molecule has 1 amide bonds. The molecule has 5 nitrogen and oxygen atoms in total. The second-order valence-electron chi connectivity index (χ2n) is 7.75. The number of halogens is 1. The van der Waals surface area contributed by atoms with Gasteiger partial charge in [-0.2, -0.15) is 5.26 Å². The lowest BCUT2D eigenvalue weighted by Crippen LogP contribution is -2.35. The minimum atomic E-state index is -0.412. The normalized spacial score (nSPS) is 14.5. The van der Waals surface area contributed by atoms with E-state index in [1.807, 2.05) is 13.8 Å². The molecule has 30 heavy (non-hydrogen) atoms. The van der Waals surface area contributed by atoms with Crippen molar-refractivity contribution in [1.82, 2.24) is 9.88 Å². The SMILES string of the molecule is Cc1cc(C)c2ncc(C#N)c(N3CCCN(C(=O)c4cccc(F)c4)CC3)c2c1. The van der Waals surface area contributed by atoms with Crippen molar-refractivity contribution < 1.29 is 9.18 Å². The summed E-state index contributed by atoms with van der Waals surface area (Å²) < 4.78 is 13.5. The maximum absolute atomic E-state index is 13.5. The lowest BCUT2D eigenvalue weighted by Gasteiger charge is -2.26. The van der Waals surface area contributed by atoms with Crippen LogP contribution in [0.2, 0.25) is 0 Å². The van der Waals surface area contributed by atoms with Crippen molar-refractivity contribution in [1.29, 1.82) is 5.26 Å². The fraction of sp³-hybridized carbons (Fsp3) is 0.292. The van der Waals surface area contributed by atoms with Crippen molar-refractivity contribution in [3.63, 3.8) is 0 Å². The highest BCUT2D eigenvalue weighted by molar-refractivity contribution is 5.97. The molecule has 1 aliphatic heterocycles. The zero-order chi connectivity index (χ0) is 21.3. The molecular weight excluding hydrogens is 379 g/mol. The Morgan fingerprint density at radius 2 is 1.97 bits per heavy atom. The number of carbonyl (C=O) groups is 1. The van der Waals surface area contributed by atoms with E-state index in [1.54, 1.807) is 23.2 Å². The highest BCUT2D eigenvalue weighted by atomic mass is 19.1. The zero-order valence-corrected chi connectivity index (χ0v) is 17.2. The van der Waals surface area contributed by atoms with Crippen LogP contribution in [0.1, 0.15) is 33.5 Å². The summed E-state index contributed by atoms with van der Waals surface area (Å²) in [6.45, 7) is 6.50. The second kappa shape index (κ2) is 8.11. The topological polar surface area (TPSA) is 60.2 Å². The monoisotopic (exact) mass is 402 g/mol. The van der Waals surface area contributed by atoms with Crippen LogP contribution in [0.5, 0.6) is 0 Å². The van der Waals surface area contributed by atoms with E-state index in [0.29, 0.717) is 30.8 Å². The number of fused-ring (bicyclic) bond motifs is 1. The Morgan fingerprint density at radius 3 is 2.73 bits per heavy atom. The number of pyridine rings is 1. The van der Waals surface area contributed by atoms with Crippen LogP contribution >= 0.6 is 0 Å². The highest BCUT2D eigenvalue weighted by Gasteiger charge is 2.24. The summed E-state index contributed by atoms with van der Waals surface area (Å²) >= 11 is 0. The van der Waals surface area contributed by atoms with Crippen LogP contribution < -0.4 is 4.90 Å². The van der Waals surface area contributed by atoms with Crippen LogP contribution in [0.3, 0.4) is 0 Å². The number of rotatable bonds is 2. The van der Waals surface area contributed by atoms with E-state index >= 15 is 0 Å². The predicted octanol–water partition coefficient (Wildman–Crippen LogP) is 4.21. The van der Waals surface area contributed by atoms with Crippen molar-refractivity contribution in [2.75, 3.05) is 31.1 Å². The summed E-state index contributed by atoms with van der Waals surface area (Å²) in [4.78, 5) is 21.3. The minimum absolute atomic E-state index is 0.164. The maximum atomic E-state index is 13.5. The highest BCUT2D eigenvalue weighted by Crippen LogP contribution is 2.32. The van der Waals surface area contributed by atoms with E-state index in [9.17, 15) is 14.4 Å². The number of nitriles is 1. The minimum Gasteiger partial charge on any atom is -0.368 e. The Morgan fingerprint density at radius 1 is 1.13 bits per heavy atom. The third-order valence-corrected chi connectivity index (χ3v) is 5.57. The molecule has 1 fully saturated rings. The number of carbonyl (C=O) groups excluding carboxylic acids is 1. The van der Waals surface area contributed by atoms with Gasteiger partial charge in [0.05, 0.1) is 16.8 Å². The van der Waals surface area contributed by atoms with Gasteiger partial charge in [0.25, 0.3) is 5.91 Å². The van der Waals surface area contributed by atoms with Crippen LogP contribution in [-0.4, -0.2) is 42.0 Å². The Hall–Kier alpha value is -3.46. The molecule has 0 N–H and O–H groups in total. The largest absolute Gasteiger partial charge is 0.368 e. The lowest BCUT2D eigenvalue weighted by molar-refractivity contribution is 0.0766. The molecule has 1 aromatic heterocycles. The first-order valence-electron chi connectivity index (χ1n) is 10.1. The van der Waals surface area contributed by atoms with Gasteiger partial charge in [-0.05, 0) is 50.1 Å². The molecule has 1 aliphatic rings. The van der Waals surface area contributed by atoms with Gasteiger partial charge < -0.3 is 9.80 Å². The average Bonchev–Trinajstić information content (AvgIpc) is 2.98. The van der Waals surface area contributed by atoms with Crippen molar-refractivity contribution in [3.05, 3.63) is 70.7 Å². The van der Waals surface area contributed by atoms with Gasteiger partial charge in [-0.25, -0.2) is 4.39 Å². The summed E-state index contributed by atoms with van der Waals surface area (Å²) in [7, 11) is 0. The predicted molar refractivity (Wildman–Crippen MR) is 115 cm³/mol. The second-order valence-corrected chi connectivity index (χ2v) is 7.75. The summed E-state index contributed by atoms with van der Waals surface area (Å²) in [5.41, 5.74) is 4.88. The van der Waals surface area contributed by atoms with Gasteiger partial charge in [-0.3, -0.25) is 9.78 Å². The number of hydrogen-bond acceptors (Lipinski definition) is 4. The number of aryl methyl sites for hydroxylation is 2. The van der Waals surface area contributed by atoms with Crippen molar-refractivity contribution in [2.45, 2.75) is 20.3 Å². The molecule has 0 unspecified atom stereocenters. The number of hydrogen-bond donors (Lipinski definition) is 0. The summed E-state index contributed by atoms with van der Waals surface area (Å²) in [6.07, 6.45) is 2.40. The fourth-order valence-electron chi connectivity index (χ4n) is 4.22. The molecule has 152 valence electrons. The maximum Gasteiger partial charge on any atom is 0.254 e. The van der Waals surface area contributed by atoms with Gasteiger partial charge in [-0.1, -0.05) is 17.7 Å². The fourth-order valence-corrected chi connectivity index (χ4v) is 4.22. The Labute approximate surface area is 175 Å². The van der Waals surface area contributed by atoms with Crippen LogP contribution in [0.25, 0.3) is 10.9 Å². The van der Waals surface area contributed by atoms with Gasteiger partial charge in [0.15, 0.2) is 0 Å². The smallest absolute Gasteiger partial charge is 0.254 e. The van der Waals surface area contributed by atoms with E-state index in [0.717, 1.165) is 40.7 Å². The third-order valence-electron chi connectivity index (χ3n) is 5.57.